The average molecular weight is 349 g/mol. The van der Waals surface area contributed by atoms with Gasteiger partial charge in [-0.1, -0.05) is 0 Å². The van der Waals surface area contributed by atoms with Gasteiger partial charge in [0, 0.05) is 6.54 Å². The molecule has 2 heterocycles. The first-order valence-electron chi connectivity index (χ1n) is 6.89. The van der Waals surface area contributed by atoms with Crippen LogP contribution >= 0.6 is 12.2 Å². The summed E-state index contributed by atoms with van der Waals surface area (Å²) in [6.07, 6.45) is 1.15. The Balaban J connectivity index is 2.10. The van der Waals surface area contributed by atoms with Crippen LogP contribution in [0.2, 0.25) is 0 Å². The van der Waals surface area contributed by atoms with Crippen LogP contribution in [0.3, 0.4) is 0 Å². The van der Waals surface area contributed by atoms with Crippen LogP contribution in [0.4, 0.5) is 5.69 Å². The number of amides is 2. The molecule has 0 unspecified atom stereocenters. The first kappa shape index (κ1) is 15.9. The molecule has 0 saturated carbocycles. The second-order valence-corrected chi connectivity index (χ2v) is 5.27. The molecular formula is C14H11N3O6S. The fourth-order valence-electron chi connectivity index (χ4n) is 2.36. The molecule has 10 heteroatoms. The van der Waals surface area contributed by atoms with Gasteiger partial charge in [0.2, 0.25) is 6.79 Å². The monoisotopic (exact) mass is 349 g/mol. The van der Waals surface area contributed by atoms with Crippen molar-refractivity contribution >= 4 is 40.9 Å². The van der Waals surface area contributed by atoms with Gasteiger partial charge in [-0.3, -0.25) is 29.9 Å². The lowest BCUT2D eigenvalue weighted by Crippen LogP contribution is -2.53. The van der Waals surface area contributed by atoms with E-state index in [0.29, 0.717) is 5.75 Å². The molecule has 0 spiro atoms. The number of nitrogens with one attached hydrogen (secondary N) is 1. The number of nitro groups is 1. The highest BCUT2D eigenvalue weighted by molar-refractivity contribution is 7.80. The molecule has 1 aromatic rings. The highest BCUT2D eigenvalue weighted by Gasteiger charge is 2.33. The Morgan fingerprint density at radius 1 is 1.38 bits per heavy atom. The van der Waals surface area contributed by atoms with Crippen molar-refractivity contribution in [3.63, 3.8) is 0 Å². The molecular weight excluding hydrogens is 338 g/mol. The Morgan fingerprint density at radius 3 is 2.67 bits per heavy atom. The van der Waals surface area contributed by atoms with Gasteiger partial charge in [-0.15, -0.1) is 0 Å². The molecule has 24 heavy (non-hydrogen) atoms. The van der Waals surface area contributed by atoms with E-state index in [9.17, 15) is 19.7 Å². The molecule has 2 amide bonds. The van der Waals surface area contributed by atoms with Crippen LogP contribution in [0.15, 0.2) is 17.7 Å². The van der Waals surface area contributed by atoms with Crippen molar-refractivity contribution in [1.82, 2.24) is 10.2 Å². The quantitative estimate of drug-likeness (QED) is 0.284. The molecule has 9 nitrogen and oxygen atoms in total. The van der Waals surface area contributed by atoms with E-state index < -0.39 is 16.7 Å². The molecule has 1 aromatic carbocycles. The summed E-state index contributed by atoms with van der Waals surface area (Å²) in [4.78, 5) is 36.3. The molecule has 0 radical (unpaired) electrons. The van der Waals surface area contributed by atoms with E-state index in [4.69, 9.17) is 21.7 Å². The van der Waals surface area contributed by atoms with Crippen molar-refractivity contribution in [2.24, 2.45) is 0 Å². The SMILES string of the molecule is CCN1C(=O)/C(=C/c2cc3c(cc2[N+](=O)[O-])OCO3)C(=O)NC1=S. The summed E-state index contributed by atoms with van der Waals surface area (Å²) < 4.78 is 10.3. The lowest BCUT2D eigenvalue weighted by molar-refractivity contribution is -0.385. The molecule has 2 aliphatic heterocycles. The first-order valence-corrected chi connectivity index (χ1v) is 7.30. The molecule has 2 aliphatic rings. The van der Waals surface area contributed by atoms with E-state index in [1.165, 1.54) is 17.0 Å². The largest absolute Gasteiger partial charge is 0.454 e. The van der Waals surface area contributed by atoms with Crippen molar-refractivity contribution in [2.45, 2.75) is 6.92 Å². The lowest BCUT2D eigenvalue weighted by Gasteiger charge is -2.27. The summed E-state index contributed by atoms with van der Waals surface area (Å²) in [6.45, 7) is 1.91. The van der Waals surface area contributed by atoms with Gasteiger partial charge in [-0.05, 0) is 31.3 Å². The number of carbonyl (C=O) groups excluding carboxylic acids is 2. The molecule has 0 atom stereocenters. The van der Waals surface area contributed by atoms with E-state index in [2.05, 4.69) is 5.32 Å². The highest BCUT2D eigenvalue weighted by Crippen LogP contribution is 2.38. The van der Waals surface area contributed by atoms with Crippen LogP contribution in [-0.2, 0) is 9.59 Å². The van der Waals surface area contributed by atoms with Crippen molar-refractivity contribution in [3.05, 3.63) is 33.4 Å². The predicted molar refractivity (Wildman–Crippen MR) is 85.3 cm³/mol. The zero-order valence-corrected chi connectivity index (χ0v) is 13.2. The molecule has 1 fully saturated rings. The van der Waals surface area contributed by atoms with Gasteiger partial charge >= 0.3 is 0 Å². The summed E-state index contributed by atoms with van der Waals surface area (Å²) in [5, 5.41) is 13.7. The van der Waals surface area contributed by atoms with E-state index in [1.807, 2.05) is 0 Å². The van der Waals surface area contributed by atoms with Gasteiger partial charge in [-0.25, -0.2) is 0 Å². The summed E-state index contributed by atoms with van der Waals surface area (Å²) in [6, 6.07) is 2.55. The van der Waals surface area contributed by atoms with E-state index in [0.717, 1.165) is 6.08 Å². The second kappa shape index (κ2) is 5.89. The van der Waals surface area contributed by atoms with Crippen LogP contribution in [0.25, 0.3) is 6.08 Å². The molecule has 1 N–H and O–H groups in total. The van der Waals surface area contributed by atoms with Crippen LogP contribution in [0.5, 0.6) is 11.5 Å². The molecule has 0 aliphatic carbocycles. The van der Waals surface area contributed by atoms with Crippen molar-refractivity contribution in [3.8, 4) is 11.5 Å². The maximum absolute atomic E-state index is 12.4. The van der Waals surface area contributed by atoms with Crippen molar-refractivity contribution in [1.29, 1.82) is 0 Å². The Morgan fingerprint density at radius 2 is 2.04 bits per heavy atom. The predicted octanol–water partition coefficient (Wildman–Crippen LogP) is 0.970. The number of nitro benzene ring substituents is 1. The number of rotatable bonds is 3. The number of likely N-dealkylation sites (N-methyl/N-ethyl adjacent to an activating group) is 1. The van der Waals surface area contributed by atoms with Crippen LogP contribution in [-0.4, -0.2) is 40.1 Å². The number of carbonyl (C=O) groups is 2. The summed E-state index contributed by atoms with van der Waals surface area (Å²) >= 11 is 4.93. The summed E-state index contributed by atoms with van der Waals surface area (Å²) in [5.41, 5.74) is -0.484. The van der Waals surface area contributed by atoms with E-state index in [-0.39, 0.29) is 41.0 Å². The summed E-state index contributed by atoms with van der Waals surface area (Å²) in [5.74, 6) is -0.779. The number of hydrogen-bond acceptors (Lipinski definition) is 7. The van der Waals surface area contributed by atoms with Crippen molar-refractivity contribution < 1.29 is 24.0 Å². The Hall–Kier alpha value is -3.01. The van der Waals surface area contributed by atoms with Gasteiger partial charge in [0.05, 0.1) is 16.6 Å². The minimum atomic E-state index is -0.707. The topological polar surface area (TPSA) is 111 Å². The minimum Gasteiger partial charge on any atom is -0.454 e. The number of hydrogen-bond donors (Lipinski definition) is 1. The Bertz CT molecular complexity index is 819. The standard InChI is InChI=1S/C14H11N3O6S/c1-2-16-13(19)8(12(18)15-14(16)24)3-7-4-10-11(23-6-22-10)5-9(7)17(20)21/h3-5H,2,6H2,1H3,(H,15,18,24)/b8-3+. The van der Waals surface area contributed by atoms with Gasteiger partial charge in [0.25, 0.3) is 17.5 Å². The molecule has 0 bridgehead atoms. The fourth-order valence-corrected chi connectivity index (χ4v) is 2.66. The van der Waals surface area contributed by atoms with Crippen molar-refractivity contribution in [2.75, 3.05) is 13.3 Å². The summed E-state index contributed by atoms with van der Waals surface area (Å²) in [7, 11) is 0. The van der Waals surface area contributed by atoms with Gasteiger partial charge in [0.15, 0.2) is 16.6 Å². The number of thiocarbonyl (C=S) groups is 1. The average Bonchev–Trinajstić information content (AvgIpc) is 2.98. The fraction of sp³-hybridized carbons (Fsp3) is 0.214. The van der Waals surface area contributed by atoms with E-state index in [1.54, 1.807) is 6.92 Å². The molecule has 124 valence electrons. The zero-order valence-electron chi connectivity index (χ0n) is 12.4. The number of ether oxygens (including phenoxy) is 2. The third kappa shape index (κ3) is 2.56. The molecule has 1 saturated heterocycles. The van der Waals surface area contributed by atoms with E-state index >= 15 is 0 Å². The number of benzene rings is 1. The maximum Gasteiger partial charge on any atom is 0.280 e. The highest BCUT2D eigenvalue weighted by atomic mass is 32.1. The third-order valence-electron chi connectivity index (χ3n) is 3.52. The zero-order chi connectivity index (χ0) is 17.4. The van der Waals surface area contributed by atoms with Gasteiger partial charge in [0.1, 0.15) is 5.57 Å². The number of fused-ring (bicyclic) bond motifs is 1. The molecule has 3 rings (SSSR count). The number of nitrogens with zero attached hydrogens (tertiary/aromatic N) is 2. The Labute approximate surface area is 141 Å². The second-order valence-electron chi connectivity index (χ2n) is 4.89. The van der Waals surface area contributed by atoms with Crippen LogP contribution in [0.1, 0.15) is 12.5 Å². The lowest BCUT2D eigenvalue weighted by atomic mass is 10.1. The molecule has 0 aromatic heterocycles. The maximum atomic E-state index is 12.4. The van der Waals surface area contributed by atoms with Gasteiger partial charge < -0.3 is 9.47 Å². The van der Waals surface area contributed by atoms with Crippen LogP contribution in [0, 0.1) is 10.1 Å². The smallest absolute Gasteiger partial charge is 0.280 e. The van der Waals surface area contributed by atoms with Gasteiger partial charge in [-0.2, -0.15) is 0 Å². The minimum absolute atomic E-state index is 0.00448. The van der Waals surface area contributed by atoms with Crippen LogP contribution < -0.4 is 14.8 Å². The Kier molecular flexibility index (Phi) is 3.89. The first-order chi connectivity index (χ1) is 11.4. The normalized spacial score (nSPS) is 18.1. The third-order valence-corrected chi connectivity index (χ3v) is 3.84.